The highest BCUT2D eigenvalue weighted by molar-refractivity contribution is 7.90. The second-order valence-corrected chi connectivity index (χ2v) is 8.60. The predicted octanol–water partition coefficient (Wildman–Crippen LogP) is 2.87. The van der Waals surface area contributed by atoms with E-state index in [4.69, 9.17) is 9.47 Å². The minimum atomic E-state index is -3.93. The van der Waals surface area contributed by atoms with Gasteiger partial charge in [-0.1, -0.05) is 29.0 Å². The van der Waals surface area contributed by atoms with Gasteiger partial charge in [-0.05, 0) is 44.2 Å². The molecule has 1 aromatic heterocycles. The van der Waals surface area contributed by atoms with Crippen molar-refractivity contribution in [3.8, 4) is 5.75 Å². The van der Waals surface area contributed by atoms with Crippen molar-refractivity contribution < 1.29 is 22.7 Å². The number of aromatic nitrogens is 1. The molecule has 0 aliphatic heterocycles. The van der Waals surface area contributed by atoms with Crippen molar-refractivity contribution in [1.29, 1.82) is 0 Å². The van der Waals surface area contributed by atoms with Gasteiger partial charge in [0, 0.05) is 0 Å². The first-order valence-electron chi connectivity index (χ1n) is 8.54. The first kappa shape index (κ1) is 20.1. The van der Waals surface area contributed by atoms with Crippen LogP contribution in [0.4, 0.5) is 0 Å². The summed E-state index contributed by atoms with van der Waals surface area (Å²) in [6.07, 6.45) is 0. The fourth-order valence-electron chi connectivity index (χ4n) is 2.60. The van der Waals surface area contributed by atoms with Crippen LogP contribution in [0.5, 0.6) is 5.75 Å². The number of carbonyl (C=O) groups is 1. The molecule has 0 amide bonds. The van der Waals surface area contributed by atoms with Crippen molar-refractivity contribution in [1.82, 2.24) is 4.57 Å². The van der Waals surface area contributed by atoms with E-state index in [-0.39, 0.29) is 22.8 Å². The number of nitrogens with zero attached hydrogens (tertiary/aromatic N) is 2. The summed E-state index contributed by atoms with van der Waals surface area (Å²) in [5, 5.41) is 0. The van der Waals surface area contributed by atoms with E-state index in [2.05, 4.69) is 4.40 Å². The Hall–Kier alpha value is -2.65. The van der Waals surface area contributed by atoms with E-state index in [1.165, 1.54) is 23.5 Å². The standard InChI is InChI=1S/C19H20N2O5S2/c1-4-26-18(22)12-21-16-10-7-14(25-3)11-17(16)27-19(21)20-28(23,24)15-8-5-13(2)6-9-15/h5-11H,4,12H2,1-3H3/b20-19-. The summed E-state index contributed by atoms with van der Waals surface area (Å²) in [5.41, 5.74) is 1.63. The smallest absolute Gasteiger partial charge is 0.326 e. The van der Waals surface area contributed by atoms with Crippen molar-refractivity contribution in [2.75, 3.05) is 13.7 Å². The molecule has 0 aliphatic carbocycles. The van der Waals surface area contributed by atoms with E-state index < -0.39 is 16.0 Å². The van der Waals surface area contributed by atoms with Gasteiger partial charge in [0.15, 0.2) is 0 Å². The molecule has 0 unspecified atom stereocenters. The van der Waals surface area contributed by atoms with E-state index >= 15 is 0 Å². The summed E-state index contributed by atoms with van der Waals surface area (Å²) in [5.74, 6) is 0.164. The van der Waals surface area contributed by atoms with E-state index in [0.717, 1.165) is 10.3 Å². The van der Waals surface area contributed by atoms with Crippen molar-refractivity contribution in [3.63, 3.8) is 0 Å². The topological polar surface area (TPSA) is 87.0 Å². The predicted molar refractivity (Wildman–Crippen MR) is 107 cm³/mol. The molecule has 148 valence electrons. The molecular formula is C19H20N2O5S2. The van der Waals surface area contributed by atoms with Crippen LogP contribution in [0.2, 0.25) is 0 Å². The zero-order valence-electron chi connectivity index (χ0n) is 15.7. The molecular weight excluding hydrogens is 400 g/mol. The molecule has 1 heterocycles. The van der Waals surface area contributed by atoms with Crippen molar-refractivity contribution in [2.24, 2.45) is 4.40 Å². The van der Waals surface area contributed by atoms with Crippen LogP contribution in [0.1, 0.15) is 12.5 Å². The third kappa shape index (κ3) is 4.26. The third-order valence-corrected chi connectivity index (χ3v) is 6.44. The Morgan fingerprint density at radius 2 is 1.89 bits per heavy atom. The van der Waals surface area contributed by atoms with Gasteiger partial charge in [0.25, 0.3) is 10.0 Å². The first-order valence-corrected chi connectivity index (χ1v) is 10.8. The maximum Gasteiger partial charge on any atom is 0.326 e. The lowest BCUT2D eigenvalue weighted by atomic mass is 10.2. The van der Waals surface area contributed by atoms with Gasteiger partial charge in [0.2, 0.25) is 4.80 Å². The SMILES string of the molecule is CCOC(=O)Cn1/c(=N/S(=O)(=O)c2ccc(C)cc2)sc2cc(OC)ccc21. The molecule has 0 radical (unpaired) electrons. The molecule has 0 spiro atoms. The average Bonchev–Trinajstić information content (AvgIpc) is 2.97. The molecule has 0 fully saturated rings. The van der Waals surface area contributed by atoms with Crippen LogP contribution in [-0.2, 0) is 26.1 Å². The minimum absolute atomic E-state index is 0.0934. The summed E-state index contributed by atoms with van der Waals surface area (Å²) in [7, 11) is -2.38. The number of ether oxygens (including phenoxy) is 2. The zero-order chi connectivity index (χ0) is 20.3. The largest absolute Gasteiger partial charge is 0.497 e. The number of sulfonamides is 1. The Morgan fingerprint density at radius 1 is 1.18 bits per heavy atom. The monoisotopic (exact) mass is 420 g/mol. The molecule has 0 aliphatic rings. The Balaban J connectivity index is 2.18. The highest BCUT2D eigenvalue weighted by Crippen LogP contribution is 2.24. The molecule has 3 aromatic rings. The van der Waals surface area contributed by atoms with E-state index in [1.807, 2.05) is 6.92 Å². The summed E-state index contributed by atoms with van der Waals surface area (Å²) in [6.45, 7) is 3.69. The van der Waals surface area contributed by atoms with E-state index in [1.54, 1.807) is 48.9 Å². The lowest BCUT2D eigenvalue weighted by Gasteiger charge is -2.06. The Morgan fingerprint density at radius 3 is 2.54 bits per heavy atom. The van der Waals surface area contributed by atoms with Crippen LogP contribution in [0, 0.1) is 6.92 Å². The number of hydrogen-bond donors (Lipinski definition) is 0. The van der Waals surface area contributed by atoms with Gasteiger partial charge >= 0.3 is 5.97 Å². The van der Waals surface area contributed by atoms with Gasteiger partial charge in [0.1, 0.15) is 12.3 Å². The number of hydrogen-bond acceptors (Lipinski definition) is 6. The number of fused-ring (bicyclic) bond motifs is 1. The Kier molecular flexibility index (Phi) is 5.85. The first-order chi connectivity index (χ1) is 13.3. The normalized spacial score (nSPS) is 12.3. The quantitative estimate of drug-likeness (QED) is 0.572. The maximum absolute atomic E-state index is 12.8. The number of benzene rings is 2. The highest BCUT2D eigenvalue weighted by Gasteiger charge is 2.17. The molecule has 0 saturated heterocycles. The third-order valence-electron chi connectivity index (χ3n) is 4.00. The highest BCUT2D eigenvalue weighted by atomic mass is 32.2. The number of esters is 1. The lowest BCUT2D eigenvalue weighted by molar-refractivity contribution is -0.143. The summed E-state index contributed by atoms with van der Waals surface area (Å²) < 4.78 is 42.1. The minimum Gasteiger partial charge on any atom is -0.497 e. The second kappa shape index (κ2) is 8.15. The van der Waals surface area contributed by atoms with Gasteiger partial charge in [-0.2, -0.15) is 8.42 Å². The van der Waals surface area contributed by atoms with Crippen molar-refractivity contribution in [3.05, 3.63) is 52.8 Å². The molecule has 0 bridgehead atoms. The van der Waals surface area contributed by atoms with Crippen molar-refractivity contribution in [2.45, 2.75) is 25.3 Å². The Labute approximate surface area is 166 Å². The molecule has 3 rings (SSSR count). The van der Waals surface area contributed by atoms with Crippen LogP contribution in [0.3, 0.4) is 0 Å². The zero-order valence-corrected chi connectivity index (χ0v) is 17.3. The average molecular weight is 421 g/mol. The van der Waals surface area contributed by atoms with Gasteiger partial charge in [-0.3, -0.25) is 4.79 Å². The van der Waals surface area contributed by atoms with E-state index in [0.29, 0.717) is 11.3 Å². The fraction of sp³-hybridized carbons (Fsp3) is 0.263. The number of aryl methyl sites for hydroxylation is 1. The number of rotatable bonds is 6. The number of carbonyl (C=O) groups excluding carboxylic acids is 1. The number of methoxy groups -OCH3 is 1. The summed E-state index contributed by atoms with van der Waals surface area (Å²) in [4.78, 5) is 12.3. The molecule has 28 heavy (non-hydrogen) atoms. The van der Waals surface area contributed by atoms with Crippen LogP contribution >= 0.6 is 11.3 Å². The fourth-order valence-corrected chi connectivity index (χ4v) is 4.87. The lowest BCUT2D eigenvalue weighted by Crippen LogP contribution is -2.23. The summed E-state index contributed by atoms with van der Waals surface area (Å²) >= 11 is 1.17. The van der Waals surface area contributed by atoms with Crippen LogP contribution in [0.15, 0.2) is 51.8 Å². The van der Waals surface area contributed by atoms with Gasteiger partial charge in [0.05, 0.1) is 28.8 Å². The number of thiazole rings is 1. The van der Waals surface area contributed by atoms with Gasteiger partial charge in [-0.15, -0.1) is 4.40 Å². The van der Waals surface area contributed by atoms with Crippen LogP contribution in [0.25, 0.3) is 10.2 Å². The molecule has 0 N–H and O–H groups in total. The van der Waals surface area contributed by atoms with E-state index in [9.17, 15) is 13.2 Å². The molecule has 7 nitrogen and oxygen atoms in total. The van der Waals surface area contributed by atoms with Crippen molar-refractivity contribution >= 4 is 37.5 Å². The van der Waals surface area contributed by atoms with Gasteiger partial charge < -0.3 is 14.0 Å². The molecule has 2 aromatic carbocycles. The summed E-state index contributed by atoms with van der Waals surface area (Å²) in [6, 6.07) is 11.7. The maximum atomic E-state index is 12.8. The second-order valence-electron chi connectivity index (χ2n) is 5.99. The van der Waals surface area contributed by atoms with Gasteiger partial charge in [-0.25, -0.2) is 0 Å². The van der Waals surface area contributed by atoms with Crippen LogP contribution < -0.4 is 9.54 Å². The Bertz CT molecular complexity index is 1180. The molecule has 9 heteroatoms. The molecule has 0 saturated carbocycles. The van der Waals surface area contributed by atoms with Crippen LogP contribution in [-0.4, -0.2) is 32.7 Å². The molecule has 0 atom stereocenters.